The Balaban J connectivity index is 1.52. The predicted octanol–water partition coefficient (Wildman–Crippen LogP) is 4.43. The van der Waals surface area contributed by atoms with Gasteiger partial charge in [0.1, 0.15) is 0 Å². The minimum Gasteiger partial charge on any atom is -0.299 e. The first-order chi connectivity index (χ1) is 13.3. The molecule has 4 nitrogen and oxygen atoms in total. The molecule has 2 aliphatic rings. The van der Waals surface area contributed by atoms with Gasteiger partial charge < -0.3 is 0 Å². The Labute approximate surface area is 176 Å². The van der Waals surface area contributed by atoms with E-state index in [1.54, 1.807) is 6.07 Å². The van der Waals surface area contributed by atoms with Crippen LogP contribution in [0.4, 0.5) is 5.69 Å². The lowest BCUT2D eigenvalue weighted by molar-refractivity contribution is 0.347. The van der Waals surface area contributed by atoms with Crippen LogP contribution in [0.3, 0.4) is 0 Å². The number of benzene rings is 2. The maximum absolute atomic E-state index is 12.3. The van der Waals surface area contributed by atoms with Crippen molar-refractivity contribution in [2.75, 3.05) is 36.7 Å². The summed E-state index contributed by atoms with van der Waals surface area (Å²) in [6, 6.07) is 13.3. The van der Waals surface area contributed by atoms with Crippen molar-refractivity contribution in [3.63, 3.8) is 0 Å². The molecule has 2 aromatic rings. The second kappa shape index (κ2) is 7.38. The van der Waals surface area contributed by atoms with Gasteiger partial charge in [0.25, 0.3) is 0 Å². The van der Waals surface area contributed by atoms with Crippen molar-refractivity contribution in [1.82, 2.24) is 4.90 Å². The van der Waals surface area contributed by atoms with E-state index in [-0.39, 0.29) is 5.41 Å². The molecule has 0 amide bonds. The van der Waals surface area contributed by atoms with Gasteiger partial charge in [-0.05, 0) is 54.4 Å². The highest BCUT2D eigenvalue weighted by molar-refractivity contribution is 7.92. The van der Waals surface area contributed by atoms with Gasteiger partial charge in [-0.3, -0.25) is 9.21 Å². The van der Waals surface area contributed by atoms with E-state index in [9.17, 15) is 8.42 Å². The summed E-state index contributed by atoms with van der Waals surface area (Å²) in [4.78, 5) is 2.36. The Morgan fingerprint density at radius 3 is 2.50 bits per heavy atom. The number of halogens is 2. The summed E-state index contributed by atoms with van der Waals surface area (Å²) < 4.78 is 26.2. The van der Waals surface area contributed by atoms with E-state index in [1.165, 1.54) is 10.6 Å². The molecule has 1 spiro atoms. The molecule has 148 valence electrons. The molecule has 1 fully saturated rings. The minimum absolute atomic E-state index is 0.197. The van der Waals surface area contributed by atoms with Crippen LogP contribution in [-0.2, 0) is 15.4 Å². The first-order valence-corrected chi connectivity index (χ1v) is 11.8. The van der Waals surface area contributed by atoms with Crippen molar-refractivity contribution in [3.8, 4) is 0 Å². The van der Waals surface area contributed by atoms with Gasteiger partial charge in [0, 0.05) is 35.1 Å². The number of nitrogens with zero attached hydrogens (tertiary/aromatic N) is 2. The quantitative estimate of drug-likeness (QED) is 0.711. The Bertz CT molecular complexity index is 1020. The molecular formula is C21H22Cl2N2O2S. The molecular weight excluding hydrogens is 415 g/mol. The van der Waals surface area contributed by atoms with Crippen LogP contribution < -0.4 is 4.31 Å². The molecule has 1 unspecified atom stereocenters. The number of anilines is 1. The van der Waals surface area contributed by atoms with E-state index in [0.717, 1.165) is 47.9 Å². The first kappa shape index (κ1) is 19.8. The Morgan fingerprint density at radius 2 is 1.79 bits per heavy atom. The van der Waals surface area contributed by atoms with E-state index in [4.69, 9.17) is 23.2 Å². The van der Waals surface area contributed by atoms with Crippen LogP contribution in [0.1, 0.15) is 17.5 Å². The summed E-state index contributed by atoms with van der Waals surface area (Å²) in [7, 11) is -3.32. The topological polar surface area (TPSA) is 40.6 Å². The van der Waals surface area contributed by atoms with Gasteiger partial charge >= 0.3 is 0 Å². The van der Waals surface area contributed by atoms with Gasteiger partial charge in [-0.2, -0.15) is 0 Å². The number of likely N-dealkylation sites (tertiary alicyclic amines) is 1. The zero-order valence-electron chi connectivity index (χ0n) is 15.6. The number of hydrogen-bond acceptors (Lipinski definition) is 3. The fraction of sp³-hybridized carbons (Fsp3) is 0.333. The molecule has 2 aliphatic heterocycles. The van der Waals surface area contributed by atoms with Crippen LogP contribution in [0.2, 0.25) is 10.0 Å². The van der Waals surface area contributed by atoms with Crippen LogP contribution in [0.5, 0.6) is 0 Å². The molecule has 0 aromatic heterocycles. The monoisotopic (exact) mass is 436 g/mol. The summed E-state index contributed by atoms with van der Waals surface area (Å²) in [5.41, 5.74) is 2.73. The molecule has 7 heteroatoms. The summed E-state index contributed by atoms with van der Waals surface area (Å²) in [5.74, 6) is 0. The highest BCUT2D eigenvalue weighted by Crippen LogP contribution is 2.48. The number of fused-ring (bicyclic) bond motifs is 2. The van der Waals surface area contributed by atoms with Crippen molar-refractivity contribution in [1.29, 1.82) is 0 Å². The van der Waals surface area contributed by atoms with Crippen LogP contribution in [0.25, 0.3) is 6.08 Å². The van der Waals surface area contributed by atoms with Gasteiger partial charge in [0.15, 0.2) is 0 Å². The molecule has 1 saturated heterocycles. The van der Waals surface area contributed by atoms with Gasteiger partial charge in [0.2, 0.25) is 10.0 Å². The Morgan fingerprint density at radius 1 is 1.07 bits per heavy atom. The van der Waals surface area contributed by atoms with Crippen LogP contribution in [0.15, 0.2) is 48.5 Å². The number of hydrogen-bond donors (Lipinski definition) is 0. The highest BCUT2D eigenvalue weighted by atomic mass is 35.5. The summed E-state index contributed by atoms with van der Waals surface area (Å²) in [5, 5.41) is 1.38. The Hall–Kier alpha value is -1.53. The molecule has 28 heavy (non-hydrogen) atoms. The largest absolute Gasteiger partial charge is 0.299 e. The first-order valence-electron chi connectivity index (χ1n) is 9.19. The van der Waals surface area contributed by atoms with Crippen molar-refractivity contribution in [2.24, 2.45) is 0 Å². The van der Waals surface area contributed by atoms with Crippen molar-refractivity contribution >= 4 is 45.0 Å². The third-order valence-corrected chi connectivity index (χ3v) is 7.24. The molecule has 0 saturated carbocycles. The number of sulfonamides is 1. The molecule has 0 bridgehead atoms. The van der Waals surface area contributed by atoms with Crippen molar-refractivity contribution < 1.29 is 8.42 Å². The predicted molar refractivity (Wildman–Crippen MR) is 117 cm³/mol. The zero-order valence-corrected chi connectivity index (χ0v) is 17.9. The average Bonchev–Trinajstić information content (AvgIpc) is 3.19. The van der Waals surface area contributed by atoms with E-state index in [1.807, 2.05) is 36.4 Å². The van der Waals surface area contributed by atoms with Gasteiger partial charge in [0.05, 0.1) is 11.9 Å². The SMILES string of the molecule is CS(=O)(=O)N1CC2(CCN(C/C=C/c3ccc(Cl)cc3)C2)c2cc(Cl)ccc21. The molecule has 4 rings (SSSR count). The molecule has 1 atom stereocenters. The van der Waals surface area contributed by atoms with Crippen molar-refractivity contribution in [2.45, 2.75) is 11.8 Å². The normalized spacial score (nSPS) is 22.5. The average molecular weight is 437 g/mol. The standard InChI is InChI=1S/C21H22Cl2N2O2S/c1-28(26,27)25-15-21(19-13-18(23)8-9-20(19)25)10-12-24(14-21)11-2-3-16-4-6-17(22)7-5-16/h2-9,13H,10-12,14-15H2,1H3/b3-2+. The molecule has 0 aliphatic carbocycles. The molecule has 0 radical (unpaired) electrons. The summed E-state index contributed by atoms with van der Waals surface area (Å²) in [6.07, 6.45) is 6.42. The zero-order chi connectivity index (χ0) is 19.9. The van der Waals surface area contributed by atoms with Crippen LogP contribution >= 0.6 is 23.2 Å². The maximum Gasteiger partial charge on any atom is 0.232 e. The van der Waals surface area contributed by atoms with E-state index >= 15 is 0 Å². The maximum atomic E-state index is 12.3. The van der Waals surface area contributed by atoms with E-state index in [0.29, 0.717) is 11.6 Å². The highest BCUT2D eigenvalue weighted by Gasteiger charge is 2.49. The third kappa shape index (κ3) is 3.81. The molecule has 2 heterocycles. The van der Waals surface area contributed by atoms with Crippen molar-refractivity contribution in [3.05, 3.63) is 69.7 Å². The van der Waals surface area contributed by atoms with Crippen LogP contribution in [0, 0.1) is 0 Å². The lowest BCUT2D eigenvalue weighted by Gasteiger charge is -2.25. The second-order valence-electron chi connectivity index (χ2n) is 7.65. The summed E-state index contributed by atoms with van der Waals surface area (Å²) in [6.45, 7) is 3.05. The van der Waals surface area contributed by atoms with Gasteiger partial charge in [-0.25, -0.2) is 8.42 Å². The van der Waals surface area contributed by atoms with Crippen LogP contribution in [-0.4, -0.2) is 45.8 Å². The fourth-order valence-corrected chi connectivity index (χ4v) is 5.56. The number of rotatable bonds is 4. The third-order valence-electron chi connectivity index (χ3n) is 5.62. The lowest BCUT2D eigenvalue weighted by atomic mass is 9.82. The lowest BCUT2D eigenvalue weighted by Crippen LogP contribution is -2.38. The van der Waals surface area contributed by atoms with Gasteiger partial charge in [-0.15, -0.1) is 0 Å². The Kier molecular flexibility index (Phi) is 5.21. The minimum atomic E-state index is -3.32. The smallest absolute Gasteiger partial charge is 0.232 e. The van der Waals surface area contributed by atoms with E-state index in [2.05, 4.69) is 17.1 Å². The second-order valence-corrected chi connectivity index (χ2v) is 10.4. The van der Waals surface area contributed by atoms with Gasteiger partial charge in [-0.1, -0.05) is 47.5 Å². The van der Waals surface area contributed by atoms with E-state index < -0.39 is 10.0 Å². The fourth-order valence-electron chi connectivity index (χ4n) is 4.27. The summed E-state index contributed by atoms with van der Waals surface area (Å²) >= 11 is 12.2. The molecule has 0 N–H and O–H groups in total. The molecule has 2 aromatic carbocycles.